The van der Waals surface area contributed by atoms with Gasteiger partial charge < -0.3 is 5.32 Å². The number of benzene rings is 1. The molecule has 3 aromatic rings. The number of nitrogens with one attached hydrogen (secondary N) is 1. The molecule has 0 aliphatic carbocycles. The van der Waals surface area contributed by atoms with Crippen molar-refractivity contribution in [2.75, 3.05) is 5.32 Å². The Balaban J connectivity index is 1.95. The standard InChI is InChI=1S/C24H28N2S2/c1-6-8-9-19(16(3)4)23-15-20-21(12-13-25-24(20)28-23)26-18-10-11-22(27-7-2)17(5)14-18/h7,9-16H,2,6,8H2,1,3-5H3,(H,25,26)/b19-9+. The van der Waals surface area contributed by atoms with Gasteiger partial charge in [0.1, 0.15) is 4.83 Å². The lowest BCUT2D eigenvalue weighted by molar-refractivity contribution is 0.846. The van der Waals surface area contributed by atoms with Gasteiger partial charge in [-0.15, -0.1) is 11.3 Å². The number of rotatable bonds is 8. The Labute approximate surface area is 176 Å². The zero-order valence-electron chi connectivity index (χ0n) is 17.1. The molecule has 3 rings (SSSR count). The highest BCUT2D eigenvalue weighted by Gasteiger charge is 2.13. The number of unbranched alkanes of at least 4 members (excludes halogenated alkanes) is 1. The summed E-state index contributed by atoms with van der Waals surface area (Å²) in [5.74, 6) is 0.508. The summed E-state index contributed by atoms with van der Waals surface area (Å²) in [4.78, 5) is 8.27. The summed E-state index contributed by atoms with van der Waals surface area (Å²) in [5, 5.41) is 6.65. The number of thioether (sulfide) groups is 1. The highest BCUT2D eigenvalue weighted by molar-refractivity contribution is 8.02. The molecule has 0 bridgehead atoms. The predicted molar refractivity (Wildman–Crippen MR) is 128 cm³/mol. The molecule has 2 nitrogen and oxygen atoms in total. The van der Waals surface area contributed by atoms with E-state index in [4.69, 9.17) is 0 Å². The number of thiophene rings is 1. The first-order chi connectivity index (χ1) is 13.5. The van der Waals surface area contributed by atoms with Crippen LogP contribution < -0.4 is 5.32 Å². The highest BCUT2D eigenvalue weighted by Crippen LogP contribution is 2.37. The molecule has 28 heavy (non-hydrogen) atoms. The van der Waals surface area contributed by atoms with Gasteiger partial charge in [-0.2, -0.15) is 0 Å². The number of pyridine rings is 1. The van der Waals surface area contributed by atoms with E-state index in [1.54, 1.807) is 23.1 Å². The molecule has 146 valence electrons. The Kier molecular flexibility index (Phi) is 6.97. The predicted octanol–water partition coefficient (Wildman–Crippen LogP) is 8.42. The van der Waals surface area contributed by atoms with Crippen LogP contribution >= 0.6 is 23.1 Å². The second-order valence-electron chi connectivity index (χ2n) is 7.18. The Morgan fingerprint density at radius 3 is 2.79 bits per heavy atom. The smallest absolute Gasteiger partial charge is 0.125 e. The van der Waals surface area contributed by atoms with Crippen LogP contribution in [0.4, 0.5) is 11.4 Å². The van der Waals surface area contributed by atoms with E-state index in [1.807, 2.05) is 11.6 Å². The summed E-state index contributed by atoms with van der Waals surface area (Å²) >= 11 is 3.44. The first-order valence-electron chi connectivity index (χ1n) is 9.77. The minimum atomic E-state index is 0.508. The summed E-state index contributed by atoms with van der Waals surface area (Å²) in [6, 6.07) is 10.8. The molecule has 0 atom stereocenters. The first-order valence-corrected chi connectivity index (χ1v) is 11.5. The van der Waals surface area contributed by atoms with Crippen molar-refractivity contribution in [3.8, 4) is 0 Å². The van der Waals surface area contributed by atoms with Crippen LogP contribution in [-0.2, 0) is 0 Å². The molecule has 0 spiro atoms. The molecule has 0 saturated carbocycles. The molecule has 0 unspecified atom stereocenters. The average molecular weight is 409 g/mol. The van der Waals surface area contributed by atoms with E-state index in [9.17, 15) is 0 Å². The maximum atomic E-state index is 4.62. The van der Waals surface area contributed by atoms with Crippen LogP contribution in [0.25, 0.3) is 15.8 Å². The van der Waals surface area contributed by atoms with E-state index < -0.39 is 0 Å². The number of hydrogen-bond donors (Lipinski definition) is 1. The van der Waals surface area contributed by atoms with Crippen molar-refractivity contribution in [3.63, 3.8) is 0 Å². The van der Waals surface area contributed by atoms with Crippen LogP contribution in [0.5, 0.6) is 0 Å². The van der Waals surface area contributed by atoms with Crippen LogP contribution in [0.15, 0.2) is 59.5 Å². The van der Waals surface area contributed by atoms with Crippen LogP contribution in [0.3, 0.4) is 0 Å². The van der Waals surface area contributed by atoms with Gasteiger partial charge in [-0.25, -0.2) is 4.98 Å². The summed E-state index contributed by atoms with van der Waals surface area (Å²) in [6.07, 6.45) is 6.58. The fourth-order valence-corrected chi connectivity index (χ4v) is 5.00. The van der Waals surface area contributed by atoms with Crippen molar-refractivity contribution < 1.29 is 0 Å². The van der Waals surface area contributed by atoms with Gasteiger partial charge in [0.25, 0.3) is 0 Å². The van der Waals surface area contributed by atoms with Crippen molar-refractivity contribution in [2.45, 2.75) is 45.4 Å². The molecule has 0 aliphatic heterocycles. The fraction of sp³-hybridized carbons (Fsp3) is 0.292. The Bertz CT molecular complexity index is 999. The van der Waals surface area contributed by atoms with Crippen molar-refractivity contribution in [1.82, 2.24) is 4.98 Å². The number of allylic oxidation sites excluding steroid dienone is 2. The molecule has 2 heterocycles. The van der Waals surface area contributed by atoms with E-state index in [0.717, 1.165) is 22.6 Å². The number of aryl methyl sites for hydroxylation is 1. The topological polar surface area (TPSA) is 24.9 Å². The molecule has 0 amide bonds. The number of nitrogens with zero attached hydrogens (tertiary/aromatic N) is 1. The minimum absolute atomic E-state index is 0.508. The SMILES string of the molecule is C=CSc1ccc(Nc2ccnc3sc(/C(=C/CCC)C(C)C)cc23)cc1C. The molecule has 2 aromatic heterocycles. The number of hydrogen-bond acceptors (Lipinski definition) is 4. The lowest BCUT2D eigenvalue weighted by Gasteiger charge is -2.10. The van der Waals surface area contributed by atoms with Crippen LogP contribution in [0.2, 0.25) is 0 Å². The van der Waals surface area contributed by atoms with E-state index >= 15 is 0 Å². The second-order valence-corrected chi connectivity index (χ2v) is 9.22. The summed E-state index contributed by atoms with van der Waals surface area (Å²) < 4.78 is 0. The van der Waals surface area contributed by atoms with Crippen molar-refractivity contribution in [2.24, 2.45) is 5.92 Å². The van der Waals surface area contributed by atoms with Gasteiger partial charge in [-0.1, -0.05) is 51.6 Å². The fourth-order valence-electron chi connectivity index (χ4n) is 3.22. The zero-order chi connectivity index (χ0) is 20.1. The molecule has 0 saturated heterocycles. The molecule has 1 N–H and O–H groups in total. The number of aromatic nitrogens is 1. The van der Waals surface area contributed by atoms with Gasteiger partial charge in [0.15, 0.2) is 0 Å². The highest BCUT2D eigenvalue weighted by atomic mass is 32.2. The molecule has 0 aliphatic rings. The summed E-state index contributed by atoms with van der Waals surface area (Å²) in [7, 11) is 0. The van der Waals surface area contributed by atoms with Gasteiger partial charge in [0.05, 0.1) is 5.69 Å². The first kappa shape index (κ1) is 20.7. The third kappa shape index (κ3) is 4.68. The lowest BCUT2D eigenvalue weighted by Crippen LogP contribution is -1.93. The maximum Gasteiger partial charge on any atom is 0.125 e. The number of fused-ring (bicyclic) bond motifs is 1. The lowest BCUT2D eigenvalue weighted by atomic mass is 9.99. The maximum absolute atomic E-state index is 4.62. The Morgan fingerprint density at radius 1 is 1.29 bits per heavy atom. The van der Waals surface area contributed by atoms with Gasteiger partial charge in [0.2, 0.25) is 0 Å². The summed E-state index contributed by atoms with van der Waals surface area (Å²) in [5.41, 5.74) is 4.87. The molecule has 4 heteroatoms. The van der Waals surface area contributed by atoms with E-state index in [2.05, 4.69) is 81.0 Å². The van der Waals surface area contributed by atoms with E-state index in [1.165, 1.54) is 32.7 Å². The molecular weight excluding hydrogens is 380 g/mol. The zero-order valence-corrected chi connectivity index (χ0v) is 18.7. The normalized spacial score (nSPS) is 12.0. The van der Waals surface area contributed by atoms with Crippen molar-refractivity contribution >= 4 is 50.3 Å². The molecule has 1 aromatic carbocycles. The minimum Gasteiger partial charge on any atom is -0.355 e. The largest absolute Gasteiger partial charge is 0.355 e. The van der Waals surface area contributed by atoms with Crippen LogP contribution in [0, 0.1) is 12.8 Å². The van der Waals surface area contributed by atoms with Gasteiger partial charge in [0, 0.05) is 27.0 Å². The van der Waals surface area contributed by atoms with Crippen molar-refractivity contribution in [1.29, 1.82) is 0 Å². The monoisotopic (exact) mass is 408 g/mol. The average Bonchev–Trinajstić information content (AvgIpc) is 3.09. The third-order valence-electron chi connectivity index (χ3n) is 4.66. The third-order valence-corrected chi connectivity index (χ3v) is 6.63. The summed E-state index contributed by atoms with van der Waals surface area (Å²) in [6.45, 7) is 12.7. The number of anilines is 2. The Morgan fingerprint density at radius 2 is 2.11 bits per heavy atom. The van der Waals surface area contributed by atoms with Gasteiger partial charge in [-0.3, -0.25) is 0 Å². The van der Waals surface area contributed by atoms with E-state index in [0.29, 0.717) is 5.92 Å². The van der Waals surface area contributed by atoms with Gasteiger partial charge in [-0.05, 0) is 66.1 Å². The van der Waals surface area contributed by atoms with Crippen molar-refractivity contribution in [3.05, 3.63) is 65.0 Å². The Hall–Kier alpha value is -2.04. The molecular formula is C24H28N2S2. The van der Waals surface area contributed by atoms with E-state index in [-0.39, 0.29) is 0 Å². The van der Waals surface area contributed by atoms with Gasteiger partial charge >= 0.3 is 0 Å². The molecule has 0 radical (unpaired) electrons. The second kappa shape index (κ2) is 9.44. The van der Waals surface area contributed by atoms with Crippen LogP contribution in [0.1, 0.15) is 44.1 Å². The van der Waals surface area contributed by atoms with Crippen LogP contribution in [-0.4, -0.2) is 4.98 Å². The molecule has 0 fully saturated rings. The quantitative estimate of drug-likeness (QED) is 0.379.